The molecule has 0 aliphatic carbocycles. The standard InChI is InChI=1S/C21H25FN2O3/c1-15(16-8-12-19(27-3)13-9-16)24(2)20(25)5-4-14-23-21(26)17-6-10-18(22)11-7-17/h6-13,15H,4-5,14H2,1-3H3,(H,23,26). The smallest absolute Gasteiger partial charge is 0.251 e. The number of amides is 2. The van der Waals surface area contributed by atoms with Crippen LogP contribution in [0.5, 0.6) is 5.75 Å². The van der Waals surface area contributed by atoms with Crippen molar-refractivity contribution >= 4 is 11.8 Å². The summed E-state index contributed by atoms with van der Waals surface area (Å²) in [7, 11) is 3.39. The molecular formula is C21H25FN2O3. The summed E-state index contributed by atoms with van der Waals surface area (Å²) in [5.41, 5.74) is 1.42. The van der Waals surface area contributed by atoms with Gasteiger partial charge in [-0.3, -0.25) is 9.59 Å². The first-order valence-electron chi connectivity index (χ1n) is 8.85. The molecule has 5 nitrogen and oxygen atoms in total. The number of halogens is 1. The summed E-state index contributed by atoms with van der Waals surface area (Å²) in [6.45, 7) is 2.35. The van der Waals surface area contributed by atoms with Crippen LogP contribution in [-0.4, -0.2) is 37.4 Å². The molecule has 0 bridgehead atoms. The van der Waals surface area contributed by atoms with E-state index in [0.717, 1.165) is 11.3 Å². The maximum absolute atomic E-state index is 12.9. The number of carbonyl (C=O) groups is 2. The normalized spacial score (nSPS) is 11.6. The molecule has 0 aromatic heterocycles. The molecule has 2 rings (SSSR count). The summed E-state index contributed by atoms with van der Waals surface area (Å²) < 4.78 is 18.0. The second-order valence-corrected chi connectivity index (χ2v) is 6.32. The predicted molar refractivity (Wildman–Crippen MR) is 102 cm³/mol. The van der Waals surface area contributed by atoms with E-state index in [0.29, 0.717) is 24.9 Å². The number of hydrogen-bond donors (Lipinski definition) is 1. The van der Waals surface area contributed by atoms with E-state index < -0.39 is 0 Å². The zero-order chi connectivity index (χ0) is 19.8. The molecule has 0 saturated carbocycles. The zero-order valence-corrected chi connectivity index (χ0v) is 15.9. The second-order valence-electron chi connectivity index (χ2n) is 6.32. The van der Waals surface area contributed by atoms with Gasteiger partial charge in [0.05, 0.1) is 13.2 Å². The van der Waals surface area contributed by atoms with Crippen LogP contribution < -0.4 is 10.1 Å². The van der Waals surface area contributed by atoms with Gasteiger partial charge in [0, 0.05) is 25.6 Å². The van der Waals surface area contributed by atoms with Crippen LogP contribution >= 0.6 is 0 Å². The van der Waals surface area contributed by atoms with Crippen molar-refractivity contribution in [2.45, 2.75) is 25.8 Å². The van der Waals surface area contributed by atoms with E-state index in [1.807, 2.05) is 31.2 Å². The highest BCUT2D eigenvalue weighted by molar-refractivity contribution is 5.94. The number of nitrogens with zero attached hydrogens (tertiary/aromatic N) is 1. The lowest BCUT2D eigenvalue weighted by Crippen LogP contribution is -2.31. The SMILES string of the molecule is COc1ccc(C(C)N(C)C(=O)CCCNC(=O)c2ccc(F)cc2)cc1. The van der Waals surface area contributed by atoms with Crippen LogP contribution in [0.3, 0.4) is 0 Å². The van der Waals surface area contributed by atoms with Gasteiger partial charge in [0.15, 0.2) is 0 Å². The monoisotopic (exact) mass is 372 g/mol. The summed E-state index contributed by atoms with van der Waals surface area (Å²) in [6.07, 6.45) is 0.867. The van der Waals surface area contributed by atoms with Crippen molar-refractivity contribution in [1.29, 1.82) is 0 Å². The molecule has 0 aliphatic heterocycles. The Morgan fingerprint density at radius 2 is 1.74 bits per heavy atom. The van der Waals surface area contributed by atoms with Crippen molar-refractivity contribution in [2.75, 3.05) is 20.7 Å². The van der Waals surface area contributed by atoms with Crippen LogP contribution in [-0.2, 0) is 4.79 Å². The second kappa shape index (κ2) is 9.71. The van der Waals surface area contributed by atoms with Gasteiger partial charge in [-0.25, -0.2) is 4.39 Å². The molecular weight excluding hydrogens is 347 g/mol. The molecule has 1 unspecified atom stereocenters. The van der Waals surface area contributed by atoms with Crippen molar-refractivity contribution in [3.05, 3.63) is 65.5 Å². The fraction of sp³-hybridized carbons (Fsp3) is 0.333. The average Bonchev–Trinajstić information content (AvgIpc) is 2.70. The molecule has 1 atom stereocenters. The molecule has 0 spiro atoms. The molecule has 1 N–H and O–H groups in total. The molecule has 0 radical (unpaired) electrons. The highest BCUT2D eigenvalue weighted by Crippen LogP contribution is 2.22. The highest BCUT2D eigenvalue weighted by atomic mass is 19.1. The number of hydrogen-bond acceptors (Lipinski definition) is 3. The Balaban J connectivity index is 1.77. The van der Waals surface area contributed by atoms with E-state index in [1.54, 1.807) is 19.1 Å². The van der Waals surface area contributed by atoms with Crippen molar-refractivity contribution in [3.63, 3.8) is 0 Å². The Hall–Kier alpha value is -2.89. The highest BCUT2D eigenvalue weighted by Gasteiger charge is 2.17. The van der Waals surface area contributed by atoms with E-state index in [-0.39, 0.29) is 23.7 Å². The summed E-state index contributed by atoms with van der Waals surface area (Å²) in [4.78, 5) is 26.0. The molecule has 0 heterocycles. The van der Waals surface area contributed by atoms with Crippen LogP contribution in [0.25, 0.3) is 0 Å². The zero-order valence-electron chi connectivity index (χ0n) is 15.9. The molecule has 0 aliphatic rings. The molecule has 2 amide bonds. The minimum atomic E-state index is -0.383. The van der Waals surface area contributed by atoms with Gasteiger partial charge in [0.1, 0.15) is 11.6 Å². The Kier molecular flexibility index (Phi) is 7.34. The summed E-state index contributed by atoms with van der Waals surface area (Å²) in [5.74, 6) is 0.125. The lowest BCUT2D eigenvalue weighted by Gasteiger charge is -2.25. The molecule has 6 heteroatoms. The quantitative estimate of drug-likeness (QED) is 0.721. The first-order chi connectivity index (χ1) is 12.9. The Bertz CT molecular complexity index is 760. The Labute approximate surface area is 159 Å². The van der Waals surface area contributed by atoms with Gasteiger partial charge >= 0.3 is 0 Å². The molecule has 144 valence electrons. The lowest BCUT2D eigenvalue weighted by atomic mass is 10.1. The topological polar surface area (TPSA) is 58.6 Å². The first-order valence-corrected chi connectivity index (χ1v) is 8.85. The Morgan fingerprint density at radius 3 is 2.33 bits per heavy atom. The van der Waals surface area contributed by atoms with Crippen LogP contribution in [0.15, 0.2) is 48.5 Å². The van der Waals surface area contributed by atoms with Gasteiger partial charge in [0.25, 0.3) is 5.91 Å². The lowest BCUT2D eigenvalue weighted by molar-refractivity contribution is -0.131. The van der Waals surface area contributed by atoms with Crippen molar-refractivity contribution < 1.29 is 18.7 Å². The van der Waals surface area contributed by atoms with Crippen molar-refractivity contribution in [3.8, 4) is 5.75 Å². The van der Waals surface area contributed by atoms with Gasteiger partial charge in [-0.2, -0.15) is 0 Å². The maximum Gasteiger partial charge on any atom is 0.251 e. The van der Waals surface area contributed by atoms with Gasteiger partial charge in [0.2, 0.25) is 5.91 Å². The minimum absolute atomic E-state index is 0.00866. The third kappa shape index (κ3) is 5.81. The first kappa shape index (κ1) is 20.4. The third-order valence-electron chi connectivity index (χ3n) is 4.53. The fourth-order valence-electron chi connectivity index (χ4n) is 2.64. The van der Waals surface area contributed by atoms with Crippen LogP contribution in [0, 0.1) is 5.82 Å². The van der Waals surface area contributed by atoms with Gasteiger partial charge in [-0.05, 0) is 55.3 Å². The fourth-order valence-corrected chi connectivity index (χ4v) is 2.64. The number of rotatable bonds is 8. The maximum atomic E-state index is 12.9. The molecule has 0 saturated heterocycles. The molecule has 2 aromatic carbocycles. The summed E-state index contributed by atoms with van der Waals surface area (Å²) in [6, 6.07) is 12.9. The number of methoxy groups -OCH3 is 1. The van der Waals surface area contributed by atoms with Crippen LogP contribution in [0.4, 0.5) is 4.39 Å². The number of benzene rings is 2. The number of carbonyl (C=O) groups excluding carboxylic acids is 2. The van der Waals surface area contributed by atoms with E-state index in [9.17, 15) is 14.0 Å². The van der Waals surface area contributed by atoms with Gasteiger partial charge in [-0.1, -0.05) is 12.1 Å². The van der Waals surface area contributed by atoms with Crippen molar-refractivity contribution in [2.24, 2.45) is 0 Å². The average molecular weight is 372 g/mol. The summed E-state index contributed by atoms with van der Waals surface area (Å²) >= 11 is 0. The summed E-state index contributed by atoms with van der Waals surface area (Å²) in [5, 5.41) is 2.74. The Morgan fingerprint density at radius 1 is 1.11 bits per heavy atom. The minimum Gasteiger partial charge on any atom is -0.497 e. The van der Waals surface area contributed by atoms with Gasteiger partial charge in [-0.15, -0.1) is 0 Å². The third-order valence-corrected chi connectivity index (χ3v) is 4.53. The predicted octanol–water partition coefficient (Wildman–Crippen LogP) is 3.56. The number of nitrogens with one attached hydrogen (secondary N) is 1. The largest absolute Gasteiger partial charge is 0.497 e. The van der Waals surface area contributed by atoms with E-state index in [4.69, 9.17) is 4.74 Å². The molecule has 0 fully saturated rings. The van der Waals surface area contributed by atoms with Crippen LogP contribution in [0.1, 0.15) is 41.7 Å². The number of ether oxygens (including phenoxy) is 1. The van der Waals surface area contributed by atoms with Crippen molar-refractivity contribution in [1.82, 2.24) is 10.2 Å². The van der Waals surface area contributed by atoms with E-state index >= 15 is 0 Å². The van der Waals surface area contributed by atoms with E-state index in [2.05, 4.69) is 5.32 Å². The van der Waals surface area contributed by atoms with Crippen LogP contribution in [0.2, 0.25) is 0 Å². The van der Waals surface area contributed by atoms with Gasteiger partial charge < -0.3 is 15.0 Å². The van der Waals surface area contributed by atoms with E-state index in [1.165, 1.54) is 24.3 Å². The molecule has 2 aromatic rings. The molecule has 27 heavy (non-hydrogen) atoms.